The van der Waals surface area contributed by atoms with Crippen LogP contribution in [-0.2, 0) is 12.8 Å². The minimum Gasteiger partial charge on any atom is -0.349 e. The molecule has 4 nitrogen and oxygen atoms in total. The van der Waals surface area contributed by atoms with Crippen molar-refractivity contribution in [3.05, 3.63) is 47.4 Å². The van der Waals surface area contributed by atoms with Gasteiger partial charge in [-0.25, -0.2) is 9.97 Å². The summed E-state index contributed by atoms with van der Waals surface area (Å²) in [6.07, 6.45) is 10.8. The van der Waals surface area contributed by atoms with Gasteiger partial charge in [0.15, 0.2) is 0 Å². The molecule has 1 fully saturated rings. The lowest BCUT2D eigenvalue weighted by Crippen LogP contribution is -2.41. The SMILES string of the molecule is CC1CCCCC1NC(=O)c1ccccc1-c1ncnc2c1CCCC2. The highest BCUT2D eigenvalue weighted by Crippen LogP contribution is 2.31. The van der Waals surface area contributed by atoms with Crippen LogP contribution < -0.4 is 5.32 Å². The third kappa shape index (κ3) is 3.37. The number of carbonyl (C=O) groups is 1. The molecule has 0 aliphatic heterocycles. The van der Waals surface area contributed by atoms with Gasteiger partial charge in [0, 0.05) is 28.4 Å². The topological polar surface area (TPSA) is 54.9 Å². The molecule has 2 unspecified atom stereocenters. The molecule has 4 rings (SSSR count). The van der Waals surface area contributed by atoms with E-state index in [4.69, 9.17) is 0 Å². The minimum absolute atomic E-state index is 0.0301. The van der Waals surface area contributed by atoms with Crippen LogP contribution in [0.2, 0.25) is 0 Å². The van der Waals surface area contributed by atoms with Gasteiger partial charge in [-0.15, -0.1) is 0 Å². The van der Waals surface area contributed by atoms with E-state index >= 15 is 0 Å². The molecule has 136 valence electrons. The predicted molar refractivity (Wildman–Crippen MR) is 103 cm³/mol. The van der Waals surface area contributed by atoms with E-state index in [2.05, 4.69) is 22.2 Å². The molecule has 0 saturated heterocycles. The van der Waals surface area contributed by atoms with Crippen molar-refractivity contribution in [3.63, 3.8) is 0 Å². The van der Waals surface area contributed by atoms with E-state index in [0.717, 1.165) is 41.8 Å². The highest BCUT2D eigenvalue weighted by molar-refractivity contribution is 6.01. The van der Waals surface area contributed by atoms with E-state index in [1.165, 1.54) is 37.7 Å². The third-order valence-electron chi connectivity index (χ3n) is 5.98. The molecule has 1 amide bonds. The first-order valence-corrected chi connectivity index (χ1v) is 9.97. The molecule has 0 bridgehead atoms. The molecular weight excluding hydrogens is 322 g/mol. The Kier molecular flexibility index (Phi) is 5.00. The summed E-state index contributed by atoms with van der Waals surface area (Å²) < 4.78 is 0. The van der Waals surface area contributed by atoms with Crippen LogP contribution >= 0.6 is 0 Å². The Morgan fingerprint density at radius 2 is 1.85 bits per heavy atom. The van der Waals surface area contributed by atoms with Gasteiger partial charge in [0.05, 0.1) is 5.69 Å². The molecule has 1 N–H and O–H groups in total. The van der Waals surface area contributed by atoms with Gasteiger partial charge in [-0.1, -0.05) is 38.0 Å². The molecule has 2 aromatic rings. The summed E-state index contributed by atoms with van der Waals surface area (Å²) in [7, 11) is 0. The van der Waals surface area contributed by atoms with Gasteiger partial charge in [-0.2, -0.15) is 0 Å². The van der Waals surface area contributed by atoms with Crippen LogP contribution in [0.15, 0.2) is 30.6 Å². The second kappa shape index (κ2) is 7.56. The Morgan fingerprint density at radius 3 is 2.73 bits per heavy atom. The molecule has 1 heterocycles. The van der Waals surface area contributed by atoms with Crippen LogP contribution in [0.4, 0.5) is 0 Å². The second-order valence-electron chi connectivity index (χ2n) is 7.74. The third-order valence-corrected chi connectivity index (χ3v) is 5.98. The van der Waals surface area contributed by atoms with Crippen LogP contribution in [0.3, 0.4) is 0 Å². The molecule has 2 atom stereocenters. The lowest BCUT2D eigenvalue weighted by atomic mass is 9.85. The minimum atomic E-state index is 0.0301. The van der Waals surface area contributed by atoms with Gasteiger partial charge >= 0.3 is 0 Å². The zero-order valence-electron chi connectivity index (χ0n) is 15.5. The van der Waals surface area contributed by atoms with Crippen molar-refractivity contribution in [2.45, 2.75) is 64.3 Å². The Labute approximate surface area is 155 Å². The quantitative estimate of drug-likeness (QED) is 0.897. The average Bonchev–Trinajstić information content (AvgIpc) is 2.69. The fourth-order valence-electron chi connectivity index (χ4n) is 4.42. The molecule has 1 saturated carbocycles. The number of hydrogen-bond acceptors (Lipinski definition) is 3. The van der Waals surface area contributed by atoms with Crippen LogP contribution in [0.25, 0.3) is 11.3 Å². The van der Waals surface area contributed by atoms with Crippen molar-refractivity contribution in [1.82, 2.24) is 15.3 Å². The summed E-state index contributed by atoms with van der Waals surface area (Å²) in [4.78, 5) is 22.1. The van der Waals surface area contributed by atoms with Gasteiger partial charge < -0.3 is 5.32 Å². The van der Waals surface area contributed by atoms with Crippen LogP contribution in [0.1, 0.15) is 67.1 Å². The maximum Gasteiger partial charge on any atom is 0.252 e. The molecule has 26 heavy (non-hydrogen) atoms. The monoisotopic (exact) mass is 349 g/mol. The smallest absolute Gasteiger partial charge is 0.252 e. The van der Waals surface area contributed by atoms with Crippen molar-refractivity contribution in [3.8, 4) is 11.3 Å². The predicted octanol–water partition coefficient (Wildman–Crippen LogP) is 4.33. The van der Waals surface area contributed by atoms with Crippen molar-refractivity contribution in [1.29, 1.82) is 0 Å². The van der Waals surface area contributed by atoms with Crippen LogP contribution in [0.5, 0.6) is 0 Å². The maximum absolute atomic E-state index is 13.1. The van der Waals surface area contributed by atoms with Gasteiger partial charge in [0.2, 0.25) is 0 Å². The summed E-state index contributed by atoms with van der Waals surface area (Å²) in [6, 6.07) is 8.17. The number of nitrogens with one attached hydrogen (secondary N) is 1. The summed E-state index contributed by atoms with van der Waals surface area (Å²) in [5.74, 6) is 0.578. The van der Waals surface area contributed by atoms with E-state index in [-0.39, 0.29) is 11.9 Å². The standard InChI is InChI=1S/C22H27N3O/c1-15-8-2-6-12-19(15)25-22(26)17-10-4-3-9-16(17)21-18-11-5-7-13-20(18)23-14-24-21/h3-4,9-10,14-15,19H,2,5-8,11-13H2,1H3,(H,25,26). The Hall–Kier alpha value is -2.23. The summed E-state index contributed by atoms with van der Waals surface area (Å²) in [6.45, 7) is 2.25. The number of nitrogens with zero attached hydrogens (tertiary/aromatic N) is 2. The number of hydrogen-bond donors (Lipinski definition) is 1. The number of rotatable bonds is 3. The number of carbonyl (C=O) groups excluding carboxylic acids is 1. The molecule has 2 aliphatic rings. The van der Waals surface area contributed by atoms with E-state index in [0.29, 0.717) is 5.92 Å². The first kappa shape index (κ1) is 17.2. The Bertz CT molecular complexity index is 802. The van der Waals surface area contributed by atoms with E-state index in [1.54, 1.807) is 6.33 Å². The van der Waals surface area contributed by atoms with Gasteiger partial charge in [-0.05, 0) is 50.5 Å². The number of aryl methyl sites for hydroxylation is 1. The zero-order valence-corrected chi connectivity index (χ0v) is 15.5. The van der Waals surface area contributed by atoms with Gasteiger partial charge in [0.25, 0.3) is 5.91 Å². The highest BCUT2D eigenvalue weighted by atomic mass is 16.1. The molecule has 0 radical (unpaired) electrons. The average molecular weight is 349 g/mol. The van der Waals surface area contributed by atoms with E-state index in [1.807, 2.05) is 24.3 Å². The fraction of sp³-hybridized carbons (Fsp3) is 0.500. The van der Waals surface area contributed by atoms with E-state index in [9.17, 15) is 4.79 Å². The Morgan fingerprint density at radius 1 is 1.04 bits per heavy atom. The largest absolute Gasteiger partial charge is 0.349 e. The van der Waals surface area contributed by atoms with Crippen molar-refractivity contribution in [2.75, 3.05) is 0 Å². The lowest BCUT2D eigenvalue weighted by molar-refractivity contribution is 0.0911. The summed E-state index contributed by atoms with van der Waals surface area (Å²) in [5, 5.41) is 3.29. The number of benzene rings is 1. The molecule has 1 aromatic heterocycles. The second-order valence-corrected chi connectivity index (χ2v) is 7.74. The fourth-order valence-corrected chi connectivity index (χ4v) is 4.42. The number of fused-ring (bicyclic) bond motifs is 1. The number of amides is 1. The first-order chi connectivity index (χ1) is 12.7. The van der Waals surface area contributed by atoms with Crippen LogP contribution in [-0.4, -0.2) is 21.9 Å². The van der Waals surface area contributed by atoms with Crippen molar-refractivity contribution >= 4 is 5.91 Å². The van der Waals surface area contributed by atoms with E-state index < -0.39 is 0 Å². The molecule has 2 aliphatic carbocycles. The Balaban J connectivity index is 1.66. The highest BCUT2D eigenvalue weighted by Gasteiger charge is 2.25. The van der Waals surface area contributed by atoms with Gasteiger partial charge in [0.1, 0.15) is 6.33 Å². The molecule has 4 heteroatoms. The first-order valence-electron chi connectivity index (χ1n) is 9.97. The van der Waals surface area contributed by atoms with Gasteiger partial charge in [-0.3, -0.25) is 4.79 Å². The number of aromatic nitrogens is 2. The normalized spacial score (nSPS) is 22.5. The lowest BCUT2D eigenvalue weighted by Gasteiger charge is -2.29. The maximum atomic E-state index is 13.1. The zero-order chi connectivity index (χ0) is 17.9. The summed E-state index contributed by atoms with van der Waals surface area (Å²) >= 11 is 0. The van der Waals surface area contributed by atoms with Crippen molar-refractivity contribution in [2.24, 2.45) is 5.92 Å². The summed E-state index contributed by atoms with van der Waals surface area (Å²) in [5.41, 5.74) is 4.99. The van der Waals surface area contributed by atoms with Crippen molar-refractivity contribution < 1.29 is 4.79 Å². The molecule has 1 aromatic carbocycles. The van der Waals surface area contributed by atoms with Crippen LogP contribution in [0, 0.1) is 5.92 Å². The molecular formula is C22H27N3O. The molecule has 0 spiro atoms.